The van der Waals surface area contributed by atoms with E-state index < -0.39 is 10.2 Å². The SMILES string of the molecule is CCC(Sc1cccc(NC(=O)c2cccs2)c1)C(=O)Nc1cc([N+](=O)[O-])ccc1C. The van der Waals surface area contributed by atoms with Crippen LogP contribution in [0.3, 0.4) is 0 Å². The number of anilines is 2. The van der Waals surface area contributed by atoms with Crippen LogP contribution < -0.4 is 10.6 Å². The van der Waals surface area contributed by atoms with Crippen LogP contribution in [0.2, 0.25) is 0 Å². The smallest absolute Gasteiger partial charge is 0.271 e. The van der Waals surface area contributed by atoms with Crippen molar-refractivity contribution in [2.24, 2.45) is 0 Å². The Kier molecular flexibility index (Phi) is 7.43. The highest BCUT2D eigenvalue weighted by Crippen LogP contribution is 2.30. The van der Waals surface area contributed by atoms with Crippen LogP contribution >= 0.6 is 23.1 Å². The van der Waals surface area contributed by atoms with E-state index in [1.807, 2.05) is 36.6 Å². The Bertz CT molecular complexity index is 1100. The van der Waals surface area contributed by atoms with E-state index in [4.69, 9.17) is 0 Å². The molecule has 0 aliphatic heterocycles. The minimum atomic E-state index is -0.489. The van der Waals surface area contributed by atoms with Crippen LogP contribution in [-0.4, -0.2) is 22.0 Å². The van der Waals surface area contributed by atoms with E-state index >= 15 is 0 Å². The van der Waals surface area contributed by atoms with Crippen molar-refractivity contribution in [3.8, 4) is 0 Å². The van der Waals surface area contributed by atoms with Gasteiger partial charge in [0, 0.05) is 22.7 Å². The number of nitro groups is 1. The molecule has 7 nitrogen and oxygen atoms in total. The molecule has 1 atom stereocenters. The molecule has 0 spiro atoms. The van der Waals surface area contributed by atoms with Crippen molar-refractivity contribution in [1.82, 2.24) is 0 Å². The summed E-state index contributed by atoms with van der Waals surface area (Å²) < 4.78 is 0. The number of hydrogen-bond acceptors (Lipinski definition) is 6. The Morgan fingerprint density at radius 1 is 1.13 bits per heavy atom. The minimum absolute atomic E-state index is 0.0733. The van der Waals surface area contributed by atoms with Gasteiger partial charge < -0.3 is 10.6 Å². The maximum absolute atomic E-state index is 12.8. The predicted molar refractivity (Wildman–Crippen MR) is 125 cm³/mol. The molecule has 9 heteroatoms. The van der Waals surface area contributed by atoms with Gasteiger partial charge in [0.1, 0.15) is 0 Å². The van der Waals surface area contributed by atoms with Crippen LogP contribution in [0.25, 0.3) is 0 Å². The fourth-order valence-electron chi connectivity index (χ4n) is 2.81. The summed E-state index contributed by atoms with van der Waals surface area (Å²) in [6, 6.07) is 15.3. The Morgan fingerprint density at radius 2 is 1.94 bits per heavy atom. The third-order valence-corrected chi connectivity index (χ3v) is 6.69. The molecule has 1 unspecified atom stereocenters. The zero-order chi connectivity index (χ0) is 22.4. The largest absolute Gasteiger partial charge is 0.325 e. The Hall–Kier alpha value is -3.17. The lowest BCUT2D eigenvalue weighted by molar-refractivity contribution is -0.384. The molecule has 160 valence electrons. The number of hydrogen-bond donors (Lipinski definition) is 2. The van der Waals surface area contributed by atoms with E-state index in [9.17, 15) is 19.7 Å². The zero-order valence-corrected chi connectivity index (χ0v) is 18.6. The molecule has 0 bridgehead atoms. The zero-order valence-electron chi connectivity index (χ0n) is 17.0. The number of rotatable bonds is 8. The number of nitrogens with one attached hydrogen (secondary N) is 2. The fraction of sp³-hybridized carbons (Fsp3) is 0.182. The fourth-order valence-corrected chi connectivity index (χ4v) is 4.44. The summed E-state index contributed by atoms with van der Waals surface area (Å²) in [5, 5.41) is 18.1. The number of benzene rings is 2. The van der Waals surface area contributed by atoms with Crippen molar-refractivity contribution in [2.45, 2.75) is 30.4 Å². The molecular formula is C22H21N3O4S2. The van der Waals surface area contributed by atoms with Crippen molar-refractivity contribution in [2.75, 3.05) is 10.6 Å². The summed E-state index contributed by atoms with van der Waals surface area (Å²) in [6.45, 7) is 3.69. The molecule has 0 aliphatic rings. The molecule has 31 heavy (non-hydrogen) atoms. The van der Waals surface area contributed by atoms with Gasteiger partial charge in [0.2, 0.25) is 5.91 Å². The van der Waals surface area contributed by atoms with Crippen molar-refractivity contribution < 1.29 is 14.5 Å². The molecule has 0 radical (unpaired) electrons. The normalized spacial score (nSPS) is 11.5. The van der Waals surface area contributed by atoms with Crippen LogP contribution in [0.5, 0.6) is 0 Å². The molecule has 0 aliphatic carbocycles. The summed E-state index contributed by atoms with van der Waals surface area (Å²) >= 11 is 2.74. The van der Waals surface area contributed by atoms with Gasteiger partial charge in [-0.05, 0) is 48.6 Å². The Balaban J connectivity index is 1.69. The van der Waals surface area contributed by atoms with Crippen LogP contribution in [-0.2, 0) is 4.79 Å². The second-order valence-corrected chi connectivity index (χ2v) is 8.94. The summed E-state index contributed by atoms with van der Waals surface area (Å²) in [5.74, 6) is -0.410. The summed E-state index contributed by atoms with van der Waals surface area (Å²) in [7, 11) is 0. The number of carbonyl (C=O) groups excluding carboxylic acids is 2. The van der Waals surface area contributed by atoms with E-state index in [0.717, 1.165) is 10.5 Å². The van der Waals surface area contributed by atoms with Gasteiger partial charge in [0.25, 0.3) is 11.6 Å². The topological polar surface area (TPSA) is 101 Å². The van der Waals surface area contributed by atoms with Gasteiger partial charge >= 0.3 is 0 Å². The van der Waals surface area contributed by atoms with Gasteiger partial charge in [0.15, 0.2) is 0 Å². The first kappa shape index (κ1) is 22.5. The summed E-state index contributed by atoms with van der Waals surface area (Å²) in [5.41, 5.74) is 1.75. The van der Waals surface area contributed by atoms with E-state index in [0.29, 0.717) is 22.7 Å². The number of nitro benzene ring substituents is 1. The lowest BCUT2D eigenvalue weighted by Gasteiger charge is -2.16. The van der Waals surface area contributed by atoms with Crippen LogP contribution in [0.4, 0.5) is 17.1 Å². The molecule has 3 rings (SSSR count). The highest BCUT2D eigenvalue weighted by atomic mass is 32.2. The molecular weight excluding hydrogens is 434 g/mol. The molecule has 2 amide bonds. The van der Waals surface area contributed by atoms with E-state index in [2.05, 4.69) is 10.6 Å². The lowest BCUT2D eigenvalue weighted by atomic mass is 10.1. The average Bonchev–Trinajstić information content (AvgIpc) is 3.28. The Labute approximate surface area is 188 Å². The maximum Gasteiger partial charge on any atom is 0.271 e. The first-order valence-electron chi connectivity index (χ1n) is 9.55. The standard InChI is InChI=1S/C22H21N3O4S2/c1-3-19(21(26)24-18-13-16(25(28)29)10-9-14(18)2)31-17-7-4-6-15(12-17)23-22(27)20-8-5-11-30-20/h4-13,19H,3H2,1-2H3,(H,23,27)(H,24,26). The van der Waals surface area contributed by atoms with Gasteiger partial charge in [-0.25, -0.2) is 0 Å². The van der Waals surface area contributed by atoms with E-state index in [1.165, 1.54) is 35.2 Å². The van der Waals surface area contributed by atoms with Crippen molar-refractivity contribution in [3.63, 3.8) is 0 Å². The Morgan fingerprint density at radius 3 is 2.61 bits per heavy atom. The minimum Gasteiger partial charge on any atom is -0.325 e. The maximum atomic E-state index is 12.8. The second kappa shape index (κ2) is 10.2. The van der Waals surface area contributed by atoms with Gasteiger partial charge in [0.05, 0.1) is 20.7 Å². The van der Waals surface area contributed by atoms with E-state index in [-0.39, 0.29) is 17.5 Å². The highest BCUT2D eigenvalue weighted by Gasteiger charge is 2.20. The van der Waals surface area contributed by atoms with Crippen LogP contribution in [0.1, 0.15) is 28.6 Å². The van der Waals surface area contributed by atoms with Crippen LogP contribution in [0, 0.1) is 17.0 Å². The first-order chi connectivity index (χ1) is 14.9. The van der Waals surface area contributed by atoms with E-state index in [1.54, 1.807) is 25.1 Å². The predicted octanol–water partition coefficient (Wildman–Crippen LogP) is 5.73. The molecule has 0 saturated carbocycles. The molecule has 0 saturated heterocycles. The highest BCUT2D eigenvalue weighted by molar-refractivity contribution is 8.00. The van der Waals surface area contributed by atoms with Crippen LogP contribution in [0.15, 0.2) is 64.9 Å². The molecule has 1 aromatic heterocycles. The number of carbonyl (C=O) groups is 2. The number of non-ortho nitro benzene ring substituents is 1. The molecule has 0 fully saturated rings. The van der Waals surface area contributed by atoms with Gasteiger partial charge in [-0.2, -0.15) is 0 Å². The number of thioether (sulfide) groups is 1. The van der Waals surface area contributed by atoms with Gasteiger partial charge in [-0.1, -0.05) is 25.1 Å². The lowest BCUT2D eigenvalue weighted by Crippen LogP contribution is -2.25. The molecule has 3 aromatic rings. The molecule has 2 aromatic carbocycles. The third kappa shape index (κ3) is 5.93. The number of amides is 2. The number of aryl methyl sites for hydroxylation is 1. The van der Waals surface area contributed by atoms with Gasteiger partial charge in [-0.3, -0.25) is 19.7 Å². The quantitative estimate of drug-likeness (QED) is 0.257. The third-order valence-electron chi connectivity index (χ3n) is 4.47. The van der Waals surface area contributed by atoms with Crippen molar-refractivity contribution >= 4 is 52.0 Å². The monoisotopic (exact) mass is 455 g/mol. The molecule has 1 heterocycles. The second-order valence-electron chi connectivity index (χ2n) is 6.72. The average molecular weight is 456 g/mol. The summed E-state index contributed by atoms with van der Waals surface area (Å²) in [4.78, 5) is 37.1. The van der Waals surface area contributed by atoms with Gasteiger partial charge in [-0.15, -0.1) is 23.1 Å². The van der Waals surface area contributed by atoms with Crippen molar-refractivity contribution in [1.29, 1.82) is 0 Å². The number of thiophene rings is 1. The number of nitrogens with zero attached hydrogens (tertiary/aromatic N) is 1. The summed E-state index contributed by atoms with van der Waals surface area (Å²) in [6.07, 6.45) is 0.566. The molecule has 2 N–H and O–H groups in total. The van der Waals surface area contributed by atoms with Crippen molar-refractivity contribution in [3.05, 3.63) is 80.5 Å². The first-order valence-corrected chi connectivity index (χ1v) is 11.3.